The lowest BCUT2D eigenvalue weighted by molar-refractivity contribution is -0.132. The molecule has 28 heavy (non-hydrogen) atoms. The van der Waals surface area contributed by atoms with E-state index in [4.69, 9.17) is 0 Å². The van der Waals surface area contributed by atoms with Crippen LogP contribution in [-0.2, 0) is 9.59 Å². The molecular weight excluding hydrogens is 364 g/mol. The smallest absolute Gasteiger partial charge is 0.156 e. The highest BCUT2D eigenvalue weighted by Crippen LogP contribution is 2.66. The molecule has 0 heterocycles. The van der Waals surface area contributed by atoms with Gasteiger partial charge in [0.15, 0.2) is 5.78 Å². The van der Waals surface area contributed by atoms with Gasteiger partial charge in [-0.2, -0.15) is 0 Å². The summed E-state index contributed by atoms with van der Waals surface area (Å²) in [7, 11) is 0. The van der Waals surface area contributed by atoms with Crippen LogP contribution >= 0.6 is 11.8 Å². The highest BCUT2D eigenvalue weighted by atomic mass is 32.2. The first kappa shape index (κ1) is 18.7. The van der Waals surface area contributed by atoms with Crippen molar-refractivity contribution in [2.24, 2.45) is 28.6 Å². The van der Waals surface area contributed by atoms with E-state index < -0.39 is 0 Å². The van der Waals surface area contributed by atoms with Crippen LogP contribution in [-0.4, -0.2) is 16.8 Å². The molecule has 0 bridgehead atoms. The molecule has 0 amide bonds. The number of rotatable bonds is 2. The molecule has 0 N–H and O–H groups in total. The van der Waals surface area contributed by atoms with Gasteiger partial charge >= 0.3 is 0 Å². The summed E-state index contributed by atoms with van der Waals surface area (Å²) in [4.78, 5) is 26.5. The number of hydrogen-bond acceptors (Lipinski definition) is 3. The number of allylic oxidation sites excluding steroid dienone is 1. The van der Waals surface area contributed by atoms with Crippen LogP contribution in [0.3, 0.4) is 0 Å². The van der Waals surface area contributed by atoms with Gasteiger partial charge in [-0.05, 0) is 68.1 Å². The molecule has 148 valence electrons. The minimum absolute atomic E-state index is 0.0737. The lowest BCUT2D eigenvalue weighted by Crippen LogP contribution is -2.54. The monoisotopic (exact) mass is 394 g/mol. The maximum atomic E-state index is 12.7. The van der Waals surface area contributed by atoms with E-state index >= 15 is 0 Å². The Morgan fingerprint density at radius 2 is 1.75 bits per heavy atom. The maximum Gasteiger partial charge on any atom is 0.156 e. The Balaban J connectivity index is 1.52. The number of carbonyl (C=O) groups is 2. The van der Waals surface area contributed by atoms with Gasteiger partial charge in [0.25, 0.3) is 0 Å². The van der Waals surface area contributed by atoms with Crippen LogP contribution in [0, 0.1) is 28.6 Å². The Morgan fingerprint density at radius 1 is 0.964 bits per heavy atom. The molecule has 3 heteroatoms. The van der Waals surface area contributed by atoms with Gasteiger partial charge in [-0.3, -0.25) is 9.59 Å². The fourth-order valence-electron chi connectivity index (χ4n) is 7.18. The average Bonchev–Trinajstić information content (AvgIpc) is 2.99. The van der Waals surface area contributed by atoms with Gasteiger partial charge in [0, 0.05) is 33.8 Å². The molecule has 0 aromatic heterocycles. The second kappa shape index (κ2) is 6.58. The molecule has 3 saturated carbocycles. The predicted molar refractivity (Wildman–Crippen MR) is 113 cm³/mol. The first-order valence-electron chi connectivity index (χ1n) is 10.9. The molecule has 6 atom stereocenters. The van der Waals surface area contributed by atoms with Gasteiger partial charge < -0.3 is 0 Å². The van der Waals surface area contributed by atoms with E-state index in [1.165, 1.54) is 10.5 Å². The fraction of sp³-hybridized carbons (Fsp3) is 0.600. The van der Waals surface area contributed by atoms with Gasteiger partial charge in [0.2, 0.25) is 0 Å². The number of Topliss-reactive ketones (excluding diaryl/α,β-unsaturated/α-hetero) is 1. The average molecular weight is 395 g/mol. The van der Waals surface area contributed by atoms with Crippen molar-refractivity contribution in [1.82, 2.24) is 0 Å². The number of hydrogen-bond donors (Lipinski definition) is 0. The standard InChI is InChI=1S/C25H30O2S/c1-24-13-12-21-19(20(24)10-11-22(24)27)9-8-16-14-17(26)15-23(25(16,21)2)28-18-6-4-3-5-7-18/h3-7,14,19-21,23H,8-13,15H2,1-2H3/t19-,20-,21-,23?,24-,25-/m0/s1. The predicted octanol–water partition coefficient (Wildman–Crippen LogP) is 5.86. The first-order valence-corrected chi connectivity index (χ1v) is 11.8. The Hall–Kier alpha value is -1.35. The largest absolute Gasteiger partial charge is 0.299 e. The molecular formula is C25H30O2S. The zero-order valence-corrected chi connectivity index (χ0v) is 17.8. The maximum absolute atomic E-state index is 12.7. The lowest BCUT2D eigenvalue weighted by atomic mass is 9.47. The van der Waals surface area contributed by atoms with Gasteiger partial charge in [-0.1, -0.05) is 37.6 Å². The number of ketones is 2. The summed E-state index contributed by atoms with van der Waals surface area (Å²) < 4.78 is 0. The van der Waals surface area contributed by atoms with Crippen LogP contribution in [0.15, 0.2) is 46.9 Å². The minimum Gasteiger partial charge on any atom is -0.299 e. The summed E-state index contributed by atoms with van der Waals surface area (Å²) >= 11 is 1.90. The van der Waals surface area contributed by atoms with Gasteiger partial charge in [-0.15, -0.1) is 11.8 Å². The zero-order valence-electron chi connectivity index (χ0n) is 16.9. The number of fused-ring (bicyclic) bond motifs is 5. The Bertz CT molecular complexity index is 843. The minimum atomic E-state index is -0.0781. The van der Waals surface area contributed by atoms with Crippen LogP contribution in [0.1, 0.15) is 58.8 Å². The molecule has 5 rings (SSSR count). The van der Waals surface area contributed by atoms with Crippen molar-refractivity contribution in [2.75, 3.05) is 0 Å². The fourth-order valence-corrected chi connectivity index (χ4v) is 8.65. The Labute approximate surface area is 172 Å². The summed E-state index contributed by atoms with van der Waals surface area (Å²) in [5.41, 5.74) is 1.39. The van der Waals surface area contributed by atoms with E-state index in [9.17, 15) is 9.59 Å². The van der Waals surface area contributed by atoms with Gasteiger partial charge in [-0.25, -0.2) is 0 Å². The van der Waals surface area contributed by atoms with Crippen LogP contribution in [0.4, 0.5) is 0 Å². The molecule has 1 aromatic rings. The summed E-state index contributed by atoms with van der Waals surface area (Å²) in [6.07, 6.45) is 8.88. The van der Waals surface area contributed by atoms with E-state index in [1.54, 1.807) is 0 Å². The Kier molecular flexibility index (Phi) is 4.39. The normalized spacial score (nSPS) is 42.4. The molecule has 2 nitrogen and oxygen atoms in total. The van der Waals surface area contributed by atoms with Crippen LogP contribution < -0.4 is 0 Å². The number of carbonyl (C=O) groups excluding carboxylic acids is 2. The molecule has 0 aliphatic heterocycles. The van der Waals surface area contributed by atoms with Crippen molar-refractivity contribution >= 4 is 23.3 Å². The third-order valence-electron chi connectivity index (χ3n) is 8.77. The van der Waals surface area contributed by atoms with Crippen LogP contribution in [0.2, 0.25) is 0 Å². The molecule has 1 unspecified atom stereocenters. The zero-order chi connectivity index (χ0) is 19.5. The molecule has 0 saturated heterocycles. The van der Waals surface area contributed by atoms with Crippen molar-refractivity contribution in [3.05, 3.63) is 42.0 Å². The van der Waals surface area contributed by atoms with Crippen LogP contribution in [0.25, 0.3) is 0 Å². The van der Waals surface area contributed by atoms with E-state index in [0.717, 1.165) is 38.5 Å². The summed E-state index contributed by atoms with van der Waals surface area (Å²) in [6, 6.07) is 10.6. The topological polar surface area (TPSA) is 34.1 Å². The molecule has 0 spiro atoms. The molecule has 0 radical (unpaired) electrons. The quantitative estimate of drug-likeness (QED) is 0.630. The van der Waals surface area contributed by atoms with Crippen molar-refractivity contribution in [3.63, 3.8) is 0 Å². The number of thioether (sulfide) groups is 1. The van der Waals surface area contributed by atoms with Crippen molar-refractivity contribution in [1.29, 1.82) is 0 Å². The number of benzene rings is 1. The molecule has 3 fully saturated rings. The van der Waals surface area contributed by atoms with E-state index in [-0.39, 0.29) is 10.8 Å². The molecule has 1 aromatic carbocycles. The second-order valence-electron chi connectivity index (χ2n) is 9.88. The second-order valence-corrected chi connectivity index (χ2v) is 11.2. The Morgan fingerprint density at radius 3 is 2.54 bits per heavy atom. The van der Waals surface area contributed by atoms with Gasteiger partial charge in [0.1, 0.15) is 5.78 Å². The van der Waals surface area contributed by atoms with E-state index in [0.29, 0.717) is 41.0 Å². The van der Waals surface area contributed by atoms with Crippen LogP contribution in [0.5, 0.6) is 0 Å². The first-order chi connectivity index (χ1) is 13.4. The summed E-state index contributed by atoms with van der Waals surface area (Å²) in [5.74, 6) is 2.61. The van der Waals surface area contributed by atoms with E-state index in [2.05, 4.69) is 44.2 Å². The molecule has 4 aliphatic rings. The van der Waals surface area contributed by atoms with E-state index in [1.807, 2.05) is 17.8 Å². The van der Waals surface area contributed by atoms with Crippen molar-refractivity contribution < 1.29 is 9.59 Å². The highest BCUT2D eigenvalue weighted by Gasteiger charge is 2.60. The third kappa shape index (κ3) is 2.61. The highest BCUT2D eigenvalue weighted by molar-refractivity contribution is 8.00. The van der Waals surface area contributed by atoms with Crippen molar-refractivity contribution in [3.8, 4) is 0 Å². The van der Waals surface area contributed by atoms with Crippen molar-refractivity contribution in [2.45, 2.75) is 68.9 Å². The van der Waals surface area contributed by atoms with Gasteiger partial charge in [0.05, 0.1) is 0 Å². The molecule has 4 aliphatic carbocycles. The lowest BCUT2D eigenvalue weighted by Gasteiger charge is -2.59. The SMILES string of the molecule is C[C@]12CC[C@H]3[C@@H](CCC4=CC(=O)CC(Sc5ccccc5)[C@@]43C)[C@@H]1CCC2=O. The summed E-state index contributed by atoms with van der Waals surface area (Å²) in [6.45, 7) is 4.69. The summed E-state index contributed by atoms with van der Waals surface area (Å²) in [5, 5.41) is 0.302. The third-order valence-corrected chi connectivity index (χ3v) is 10.3.